The fraction of sp³-hybridized carbons (Fsp3) is 0.407. The molecule has 1 aliphatic rings. The van der Waals surface area contributed by atoms with Gasteiger partial charge in [0.15, 0.2) is 5.82 Å². The maximum Gasteiger partial charge on any atom is 0.252 e. The average Bonchev–Trinajstić information content (AvgIpc) is 3.58. The number of ether oxygens (including phenoxy) is 2. The smallest absolute Gasteiger partial charge is 0.252 e. The lowest BCUT2D eigenvalue weighted by molar-refractivity contribution is 0.0489. The van der Waals surface area contributed by atoms with Crippen molar-refractivity contribution in [1.29, 1.82) is 0 Å². The van der Waals surface area contributed by atoms with Gasteiger partial charge in [-0.2, -0.15) is 0 Å². The topological polar surface area (TPSA) is 98.2 Å². The molecule has 0 bridgehead atoms. The molecular formula is C27H31FN6O3. The molecule has 1 aliphatic heterocycles. The van der Waals surface area contributed by atoms with E-state index in [1.54, 1.807) is 23.9 Å². The number of nitrogens with one attached hydrogen (secondary N) is 1. The second kappa shape index (κ2) is 11.2. The zero-order valence-corrected chi connectivity index (χ0v) is 21.1. The molecule has 0 amide bonds. The van der Waals surface area contributed by atoms with Gasteiger partial charge in [0.1, 0.15) is 11.6 Å². The molecule has 1 fully saturated rings. The van der Waals surface area contributed by atoms with E-state index in [1.165, 1.54) is 12.1 Å². The van der Waals surface area contributed by atoms with Gasteiger partial charge in [0.25, 0.3) is 5.56 Å². The number of hydrogen-bond donors (Lipinski definition) is 1. The zero-order valence-electron chi connectivity index (χ0n) is 21.1. The molecule has 1 saturated heterocycles. The number of nitrogens with zero attached hydrogens (tertiary/aromatic N) is 5. The van der Waals surface area contributed by atoms with Crippen LogP contribution in [0.15, 0.2) is 53.3 Å². The van der Waals surface area contributed by atoms with Gasteiger partial charge in [0.05, 0.1) is 25.8 Å². The Bertz CT molecular complexity index is 1400. The Balaban J connectivity index is 1.47. The first-order valence-electron chi connectivity index (χ1n) is 12.6. The number of tetrazole rings is 1. The van der Waals surface area contributed by atoms with Crippen molar-refractivity contribution in [3.05, 3.63) is 81.7 Å². The summed E-state index contributed by atoms with van der Waals surface area (Å²) >= 11 is 0. The predicted octanol–water partition coefficient (Wildman–Crippen LogP) is 3.84. The van der Waals surface area contributed by atoms with Crippen molar-refractivity contribution >= 4 is 10.9 Å². The fourth-order valence-electron chi connectivity index (χ4n) is 4.97. The zero-order chi connectivity index (χ0) is 25.8. The number of H-pyrrole nitrogens is 1. The van der Waals surface area contributed by atoms with Gasteiger partial charge in [-0.15, -0.1) is 5.10 Å². The van der Waals surface area contributed by atoms with Crippen LogP contribution in [0.3, 0.4) is 0 Å². The van der Waals surface area contributed by atoms with Crippen LogP contribution in [-0.2, 0) is 17.8 Å². The summed E-state index contributed by atoms with van der Waals surface area (Å²) in [7, 11) is 1.62. The Hall–Kier alpha value is -3.63. The van der Waals surface area contributed by atoms with Gasteiger partial charge in [-0.25, -0.2) is 9.07 Å². The minimum atomic E-state index is -0.284. The molecule has 0 radical (unpaired) electrons. The van der Waals surface area contributed by atoms with Gasteiger partial charge in [-0.3, -0.25) is 9.69 Å². The molecule has 194 valence electrons. The van der Waals surface area contributed by atoms with Crippen molar-refractivity contribution in [2.75, 3.05) is 20.3 Å². The minimum Gasteiger partial charge on any atom is -0.497 e. The molecule has 9 nitrogen and oxygen atoms in total. The van der Waals surface area contributed by atoms with Crippen LogP contribution in [0.1, 0.15) is 49.2 Å². The summed E-state index contributed by atoms with van der Waals surface area (Å²) in [6.45, 7) is 4.30. The first-order chi connectivity index (χ1) is 18.0. The highest BCUT2D eigenvalue weighted by Crippen LogP contribution is 2.27. The van der Waals surface area contributed by atoms with Crippen molar-refractivity contribution in [2.24, 2.45) is 0 Å². The number of halogens is 1. The molecule has 5 rings (SSSR count). The van der Waals surface area contributed by atoms with Crippen molar-refractivity contribution in [3.63, 3.8) is 0 Å². The third-order valence-corrected chi connectivity index (χ3v) is 6.89. The van der Waals surface area contributed by atoms with Crippen LogP contribution in [0.25, 0.3) is 10.9 Å². The second-order valence-corrected chi connectivity index (χ2v) is 9.39. The first kappa shape index (κ1) is 25.0. The molecule has 1 N–H and O–H groups in total. The van der Waals surface area contributed by atoms with E-state index in [1.807, 2.05) is 24.3 Å². The average molecular weight is 507 g/mol. The van der Waals surface area contributed by atoms with Gasteiger partial charge < -0.3 is 14.5 Å². The van der Waals surface area contributed by atoms with Crippen molar-refractivity contribution in [1.82, 2.24) is 30.1 Å². The van der Waals surface area contributed by atoms with Gasteiger partial charge in [-0.05, 0) is 71.7 Å². The molecule has 2 atom stereocenters. The van der Waals surface area contributed by atoms with Gasteiger partial charge in [0.2, 0.25) is 0 Å². The highest BCUT2D eigenvalue weighted by atomic mass is 19.1. The van der Waals surface area contributed by atoms with E-state index in [-0.39, 0.29) is 23.5 Å². The van der Waals surface area contributed by atoms with E-state index in [0.29, 0.717) is 31.0 Å². The number of benzene rings is 2. The normalized spacial score (nSPS) is 16.5. The Labute approximate surface area is 214 Å². The van der Waals surface area contributed by atoms with Crippen LogP contribution in [0.5, 0.6) is 5.75 Å². The first-order valence-corrected chi connectivity index (χ1v) is 12.6. The van der Waals surface area contributed by atoms with Gasteiger partial charge in [-0.1, -0.05) is 19.1 Å². The third-order valence-electron chi connectivity index (χ3n) is 6.89. The molecule has 2 aromatic heterocycles. The summed E-state index contributed by atoms with van der Waals surface area (Å²) in [6, 6.07) is 13.7. The van der Waals surface area contributed by atoms with Crippen LogP contribution in [0.4, 0.5) is 4.39 Å². The predicted molar refractivity (Wildman–Crippen MR) is 137 cm³/mol. The lowest BCUT2D eigenvalue weighted by atomic mass is 10.1. The minimum absolute atomic E-state index is 0.0788. The summed E-state index contributed by atoms with van der Waals surface area (Å²) < 4.78 is 26.5. The Kier molecular flexibility index (Phi) is 7.57. The summed E-state index contributed by atoms with van der Waals surface area (Å²) in [6.07, 6.45) is 2.80. The highest BCUT2D eigenvalue weighted by molar-refractivity contribution is 5.80. The second-order valence-electron chi connectivity index (χ2n) is 9.39. The molecule has 37 heavy (non-hydrogen) atoms. The lowest BCUT2D eigenvalue weighted by Gasteiger charge is -2.32. The summed E-state index contributed by atoms with van der Waals surface area (Å²) in [5.74, 6) is 1.14. The maximum absolute atomic E-state index is 13.4. The van der Waals surface area contributed by atoms with Crippen LogP contribution >= 0.6 is 0 Å². The summed E-state index contributed by atoms with van der Waals surface area (Å²) in [4.78, 5) is 18.3. The Morgan fingerprint density at radius 1 is 1.24 bits per heavy atom. The monoisotopic (exact) mass is 506 g/mol. The van der Waals surface area contributed by atoms with Crippen LogP contribution < -0.4 is 10.3 Å². The van der Waals surface area contributed by atoms with Gasteiger partial charge >= 0.3 is 0 Å². The van der Waals surface area contributed by atoms with Crippen LogP contribution in [0, 0.1) is 5.82 Å². The molecule has 0 aliphatic carbocycles. The number of pyridine rings is 1. The largest absolute Gasteiger partial charge is 0.497 e. The fourth-order valence-corrected chi connectivity index (χ4v) is 4.97. The molecule has 3 heterocycles. The third kappa shape index (κ3) is 5.70. The number of methoxy groups -OCH3 is 1. The summed E-state index contributed by atoms with van der Waals surface area (Å²) in [5.41, 5.74) is 2.18. The highest BCUT2D eigenvalue weighted by Gasteiger charge is 2.29. The van der Waals surface area contributed by atoms with Crippen LogP contribution in [0.2, 0.25) is 0 Å². The van der Waals surface area contributed by atoms with E-state index in [2.05, 4.69) is 32.3 Å². The molecule has 4 aromatic rings. The number of fused-ring (bicyclic) bond motifs is 1. The number of rotatable bonds is 10. The van der Waals surface area contributed by atoms with Crippen LogP contribution in [-0.4, -0.2) is 56.5 Å². The molecular weight excluding hydrogens is 475 g/mol. The molecule has 0 unspecified atom stereocenters. The number of aromatic amines is 1. The van der Waals surface area contributed by atoms with E-state index in [4.69, 9.17) is 9.47 Å². The van der Waals surface area contributed by atoms with Crippen molar-refractivity contribution in [2.45, 2.75) is 51.4 Å². The van der Waals surface area contributed by atoms with Gasteiger partial charge in [0, 0.05) is 36.2 Å². The molecule has 10 heteroatoms. The molecule has 0 saturated carbocycles. The Morgan fingerprint density at radius 3 is 2.81 bits per heavy atom. The Morgan fingerprint density at radius 2 is 2.08 bits per heavy atom. The summed E-state index contributed by atoms with van der Waals surface area (Å²) in [5, 5.41) is 13.5. The standard InChI is InChI=1S/C27H31FN6O3/c1-3-25(26-30-31-32-34(26)15-18-6-8-21(28)9-7-18)33(17-23-5-4-12-37-23)16-20-13-19-14-22(36-2)10-11-24(19)29-27(20)35/h6-11,13-14,23,25H,3-5,12,15-17H2,1-2H3,(H,29,35)/t23-,25-/m0/s1. The van der Waals surface area contributed by atoms with E-state index in [0.717, 1.165) is 48.1 Å². The van der Waals surface area contributed by atoms with Crippen molar-refractivity contribution in [3.8, 4) is 5.75 Å². The number of aromatic nitrogens is 5. The maximum atomic E-state index is 13.4. The lowest BCUT2D eigenvalue weighted by Crippen LogP contribution is -2.37. The van der Waals surface area contributed by atoms with Crippen molar-refractivity contribution < 1.29 is 13.9 Å². The van der Waals surface area contributed by atoms with E-state index < -0.39 is 0 Å². The SMILES string of the molecule is CC[C@@H](c1nnnn1Cc1ccc(F)cc1)N(Cc1cc2cc(OC)ccc2[nH]c1=O)C[C@@H]1CCCO1. The number of hydrogen-bond acceptors (Lipinski definition) is 7. The van der Waals surface area contributed by atoms with E-state index >= 15 is 0 Å². The molecule has 0 spiro atoms. The quantitative estimate of drug-likeness (QED) is 0.349. The van der Waals surface area contributed by atoms with E-state index in [9.17, 15) is 9.18 Å². The molecule has 2 aromatic carbocycles.